The molecule has 0 bridgehead atoms. The van der Waals surface area contributed by atoms with Gasteiger partial charge in [0.05, 0.1) is 5.25 Å². The molecule has 0 aliphatic heterocycles. The van der Waals surface area contributed by atoms with Gasteiger partial charge in [-0.15, -0.1) is 10.2 Å². The number of aromatic nitrogens is 2. The van der Waals surface area contributed by atoms with Crippen LogP contribution in [0, 0.1) is 13.8 Å². The van der Waals surface area contributed by atoms with Gasteiger partial charge in [0.1, 0.15) is 0 Å². The van der Waals surface area contributed by atoms with E-state index in [-0.39, 0.29) is 11.2 Å². The van der Waals surface area contributed by atoms with Gasteiger partial charge in [-0.2, -0.15) is 0 Å². The Bertz CT molecular complexity index is 911. The molecule has 3 aromatic rings. The fourth-order valence-electron chi connectivity index (χ4n) is 2.44. The molecule has 1 atom stereocenters. The molecule has 0 aliphatic rings. The van der Waals surface area contributed by atoms with Crippen molar-refractivity contribution < 1.29 is 4.79 Å². The molecule has 0 aliphatic carbocycles. The van der Waals surface area contributed by atoms with E-state index in [0.29, 0.717) is 6.54 Å². The molecule has 140 valence electrons. The van der Waals surface area contributed by atoms with Gasteiger partial charge in [0, 0.05) is 12.2 Å². The van der Waals surface area contributed by atoms with Crippen molar-refractivity contribution in [1.82, 2.24) is 15.5 Å². The van der Waals surface area contributed by atoms with E-state index in [1.54, 1.807) is 0 Å². The van der Waals surface area contributed by atoms with Crippen molar-refractivity contribution >= 4 is 39.8 Å². The van der Waals surface area contributed by atoms with Crippen LogP contribution in [-0.4, -0.2) is 21.4 Å². The zero-order valence-corrected chi connectivity index (χ0v) is 17.2. The summed E-state index contributed by atoms with van der Waals surface area (Å²) in [7, 11) is 0. The average molecular weight is 399 g/mol. The Morgan fingerprint density at radius 2 is 1.89 bits per heavy atom. The molecule has 0 saturated carbocycles. The van der Waals surface area contributed by atoms with Crippen LogP contribution < -0.4 is 10.6 Å². The number of hydrogen-bond donors (Lipinski definition) is 2. The molecule has 5 nitrogen and oxygen atoms in total. The zero-order chi connectivity index (χ0) is 19.2. The van der Waals surface area contributed by atoms with Gasteiger partial charge in [0.25, 0.3) is 0 Å². The first-order valence-electron chi connectivity index (χ1n) is 8.68. The molecular weight excluding hydrogens is 376 g/mol. The van der Waals surface area contributed by atoms with E-state index in [1.165, 1.54) is 34.2 Å². The highest BCUT2D eigenvalue weighted by molar-refractivity contribution is 8.02. The Kier molecular flexibility index (Phi) is 6.47. The van der Waals surface area contributed by atoms with Gasteiger partial charge in [-0.1, -0.05) is 65.6 Å². The van der Waals surface area contributed by atoms with E-state index >= 15 is 0 Å². The molecule has 7 heteroatoms. The largest absolute Gasteiger partial charge is 0.351 e. The second-order valence-electron chi connectivity index (χ2n) is 6.21. The highest BCUT2D eigenvalue weighted by Gasteiger charge is 2.17. The lowest BCUT2D eigenvalue weighted by molar-refractivity contribution is -0.120. The van der Waals surface area contributed by atoms with E-state index in [1.807, 2.05) is 49.4 Å². The number of nitrogens with one attached hydrogen (secondary N) is 2. The van der Waals surface area contributed by atoms with Crippen molar-refractivity contribution in [2.75, 3.05) is 5.32 Å². The summed E-state index contributed by atoms with van der Waals surface area (Å²) in [5, 5.41) is 15.1. The number of nitrogens with zero attached hydrogens (tertiary/aromatic N) is 2. The first-order valence-corrected chi connectivity index (χ1v) is 10.4. The maximum atomic E-state index is 12.3. The molecule has 3 rings (SSSR count). The molecule has 0 spiro atoms. The minimum atomic E-state index is -0.241. The van der Waals surface area contributed by atoms with Crippen molar-refractivity contribution in [3.8, 4) is 0 Å². The Balaban J connectivity index is 1.55. The van der Waals surface area contributed by atoms with E-state index < -0.39 is 0 Å². The third-order valence-corrected chi connectivity index (χ3v) is 6.23. The number of benzene rings is 2. The summed E-state index contributed by atoms with van der Waals surface area (Å²) < 4.78 is 0.769. The average Bonchev–Trinajstić information content (AvgIpc) is 3.11. The van der Waals surface area contributed by atoms with Gasteiger partial charge in [-0.3, -0.25) is 4.79 Å². The maximum absolute atomic E-state index is 12.3. The normalized spacial score (nSPS) is 11.8. The van der Waals surface area contributed by atoms with Crippen LogP contribution in [0.4, 0.5) is 10.8 Å². The molecule has 27 heavy (non-hydrogen) atoms. The lowest BCUT2D eigenvalue weighted by Gasteiger charge is -2.10. The van der Waals surface area contributed by atoms with Gasteiger partial charge >= 0.3 is 0 Å². The van der Waals surface area contributed by atoms with Crippen LogP contribution in [-0.2, 0) is 11.3 Å². The predicted molar refractivity (Wildman–Crippen MR) is 113 cm³/mol. The van der Waals surface area contributed by atoms with Crippen molar-refractivity contribution in [2.24, 2.45) is 0 Å². The molecule has 0 fully saturated rings. The number of carbonyl (C=O) groups is 1. The highest BCUT2D eigenvalue weighted by Crippen LogP contribution is 2.31. The number of amides is 1. The van der Waals surface area contributed by atoms with Gasteiger partial charge in [-0.05, 0) is 43.5 Å². The van der Waals surface area contributed by atoms with Crippen LogP contribution in [0.25, 0.3) is 0 Å². The molecule has 2 N–H and O–H groups in total. The fourth-order valence-corrected chi connectivity index (χ4v) is 4.38. The SMILES string of the molecule is Cc1cccc(Nc2nnc(SC(C)C(=O)NCc3ccccc3)s2)c1C. The van der Waals surface area contributed by atoms with Gasteiger partial charge in [0.2, 0.25) is 11.0 Å². The summed E-state index contributed by atoms with van der Waals surface area (Å²) >= 11 is 2.87. The Labute approximate surface area is 167 Å². The number of hydrogen-bond acceptors (Lipinski definition) is 6. The van der Waals surface area contributed by atoms with Crippen molar-refractivity contribution in [2.45, 2.75) is 36.9 Å². The van der Waals surface area contributed by atoms with Crippen LogP contribution in [0.5, 0.6) is 0 Å². The number of anilines is 2. The summed E-state index contributed by atoms with van der Waals surface area (Å²) in [6.45, 7) is 6.56. The lowest BCUT2D eigenvalue weighted by atomic mass is 10.1. The molecule has 1 unspecified atom stereocenters. The summed E-state index contributed by atoms with van der Waals surface area (Å²) in [4.78, 5) is 12.3. The number of rotatable bonds is 7. The summed E-state index contributed by atoms with van der Waals surface area (Å²) in [5.41, 5.74) is 4.52. The second kappa shape index (κ2) is 9.01. The zero-order valence-electron chi connectivity index (χ0n) is 15.5. The third kappa shape index (κ3) is 5.30. The van der Waals surface area contributed by atoms with E-state index in [2.05, 4.69) is 40.7 Å². The van der Waals surface area contributed by atoms with Crippen LogP contribution in [0.1, 0.15) is 23.6 Å². The minimum Gasteiger partial charge on any atom is -0.351 e. The molecule has 1 heterocycles. The monoisotopic (exact) mass is 398 g/mol. The predicted octanol–water partition coefficient (Wildman–Crippen LogP) is 4.70. The standard InChI is InChI=1S/C20H22N4OS2/c1-13-8-7-11-17(14(13)2)22-19-23-24-20(27-19)26-15(3)18(25)21-12-16-9-5-4-6-10-16/h4-11,15H,12H2,1-3H3,(H,21,25)(H,22,23). The number of aryl methyl sites for hydroxylation is 1. The first kappa shape index (κ1) is 19.4. The summed E-state index contributed by atoms with van der Waals surface area (Å²) in [6, 6.07) is 16.0. The van der Waals surface area contributed by atoms with Gasteiger partial charge in [-0.25, -0.2) is 0 Å². The van der Waals surface area contributed by atoms with E-state index in [4.69, 9.17) is 0 Å². The third-order valence-electron chi connectivity index (χ3n) is 4.21. The summed E-state index contributed by atoms with van der Waals surface area (Å²) in [5.74, 6) is -0.0110. The smallest absolute Gasteiger partial charge is 0.233 e. The molecular formula is C20H22N4OS2. The van der Waals surface area contributed by atoms with E-state index in [0.717, 1.165) is 20.7 Å². The number of thioether (sulfide) groups is 1. The van der Waals surface area contributed by atoms with Crippen molar-refractivity contribution in [1.29, 1.82) is 0 Å². The Morgan fingerprint density at radius 3 is 2.67 bits per heavy atom. The molecule has 1 aromatic heterocycles. The molecule has 2 aromatic carbocycles. The molecule has 1 amide bonds. The van der Waals surface area contributed by atoms with Crippen LogP contribution in [0.2, 0.25) is 0 Å². The van der Waals surface area contributed by atoms with Crippen molar-refractivity contribution in [3.05, 3.63) is 65.2 Å². The highest BCUT2D eigenvalue weighted by atomic mass is 32.2. The minimum absolute atomic E-state index is 0.0110. The van der Waals surface area contributed by atoms with E-state index in [9.17, 15) is 4.79 Å². The number of carbonyl (C=O) groups excluding carboxylic acids is 1. The Hall–Kier alpha value is -2.38. The van der Waals surface area contributed by atoms with Crippen molar-refractivity contribution in [3.63, 3.8) is 0 Å². The Morgan fingerprint density at radius 1 is 1.11 bits per heavy atom. The topological polar surface area (TPSA) is 66.9 Å². The van der Waals surface area contributed by atoms with Gasteiger partial charge in [0.15, 0.2) is 4.34 Å². The van der Waals surface area contributed by atoms with Crippen LogP contribution in [0.15, 0.2) is 52.9 Å². The van der Waals surface area contributed by atoms with Crippen LogP contribution >= 0.6 is 23.1 Å². The van der Waals surface area contributed by atoms with Crippen LogP contribution in [0.3, 0.4) is 0 Å². The quantitative estimate of drug-likeness (QED) is 0.565. The molecule has 0 radical (unpaired) electrons. The molecule has 0 saturated heterocycles. The first-order chi connectivity index (χ1) is 13.0. The lowest BCUT2D eigenvalue weighted by Crippen LogP contribution is -2.30. The fraction of sp³-hybridized carbons (Fsp3) is 0.250. The van der Waals surface area contributed by atoms with Gasteiger partial charge < -0.3 is 10.6 Å². The maximum Gasteiger partial charge on any atom is 0.233 e. The summed E-state index contributed by atoms with van der Waals surface area (Å²) in [6.07, 6.45) is 0. The second-order valence-corrected chi connectivity index (χ2v) is 8.77.